The Hall–Kier alpha value is -3.61. The summed E-state index contributed by atoms with van der Waals surface area (Å²) in [6.07, 6.45) is 4.52. The van der Waals surface area contributed by atoms with Crippen molar-refractivity contribution in [2.75, 3.05) is 4.90 Å². The molecule has 0 aliphatic carbocycles. The number of aromatic nitrogens is 5. The topological polar surface area (TPSA) is 76.8 Å². The molecule has 0 bridgehead atoms. The molecule has 1 amide bonds. The minimum absolute atomic E-state index is 0.0813. The lowest BCUT2D eigenvalue weighted by molar-refractivity contribution is -0.118. The summed E-state index contributed by atoms with van der Waals surface area (Å²) in [5, 5.41) is 9.16. The number of benzene rings is 1. The Bertz CT molecular complexity index is 1210. The quantitative estimate of drug-likeness (QED) is 0.543. The summed E-state index contributed by atoms with van der Waals surface area (Å²) in [5.74, 6) is 0.0813. The third-order valence-electron chi connectivity index (χ3n) is 5.41. The summed E-state index contributed by atoms with van der Waals surface area (Å²) < 4.78 is 1.86. The molecule has 0 radical (unpaired) electrons. The fraction of sp³-hybridized carbons (Fsp3) is 0.227. The Morgan fingerprint density at radius 2 is 2.03 bits per heavy atom. The molecule has 5 rings (SSSR count). The van der Waals surface area contributed by atoms with Crippen molar-refractivity contribution in [3.8, 4) is 0 Å². The summed E-state index contributed by atoms with van der Waals surface area (Å²) in [6.45, 7) is 3.07. The van der Waals surface area contributed by atoms with Crippen LogP contribution in [0.15, 0.2) is 54.9 Å². The van der Waals surface area contributed by atoms with E-state index in [0.29, 0.717) is 25.9 Å². The van der Waals surface area contributed by atoms with Gasteiger partial charge in [0.2, 0.25) is 5.91 Å². The third kappa shape index (κ3) is 3.24. The Morgan fingerprint density at radius 1 is 1.14 bits per heavy atom. The number of anilines is 1. The van der Waals surface area contributed by atoms with Gasteiger partial charge in [-0.05, 0) is 48.7 Å². The van der Waals surface area contributed by atoms with Gasteiger partial charge in [-0.15, -0.1) is 5.10 Å². The highest BCUT2D eigenvalue weighted by atomic mass is 16.2. The monoisotopic (exact) mass is 384 g/mol. The van der Waals surface area contributed by atoms with Crippen LogP contribution in [0.1, 0.15) is 28.9 Å². The largest absolute Gasteiger partial charge is 0.306 e. The standard InChI is InChI=1S/C22H20N6O/c1-15-16(11-17-6-4-10-23-22(17)25-15)8-9-21(29)27-14-19-12-24-26-28(19)13-18-5-2-3-7-20(18)27/h2-7,10-12H,8-9,13-14H2,1H3. The molecule has 0 saturated heterocycles. The number of carbonyl (C=O) groups excluding carboxylic acids is 1. The van der Waals surface area contributed by atoms with E-state index in [9.17, 15) is 4.79 Å². The van der Waals surface area contributed by atoms with Gasteiger partial charge in [0.1, 0.15) is 0 Å². The zero-order valence-corrected chi connectivity index (χ0v) is 16.1. The second kappa shape index (κ2) is 7.09. The number of rotatable bonds is 3. The molecule has 7 heteroatoms. The van der Waals surface area contributed by atoms with Crippen molar-refractivity contribution in [3.63, 3.8) is 0 Å². The summed E-state index contributed by atoms with van der Waals surface area (Å²) >= 11 is 0. The minimum Gasteiger partial charge on any atom is -0.306 e. The number of fused-ring (bicyclic) bond motifs is 3. The van der Waals surface area contributed by atoms with Crippen LogP contribution in [-0.2, 0) is 24.3 Å². The van der Waals surface area contributed by atoms with Crippen molar-refractivity contribution >= 4 is 22.6 Å². The molecule has 1 aromatic carbocycles. The number of aryl methyl sites for hydroxylation is 2. The first-order chi connectivity index (χ1) is 14.2. The van der Waals surface area contributed by atoms with Crippen LogP contribution in [0.3, 0.4) is 0 Å². The molecule has 0 N–H and O–H groups in total. The van der Waals surface area contributed by atoms with E-state index in [4.69, 9.17) is 0 Å². The van der Waals surface area contributed by atoms with Gasteiger partial charge in [-0.25, -0.2) is 14.6 Å². The van der Waals surface area contributed by atoms with Crippen LogP contribution in [0, 0.1) is 6.92 Å². The Labute approximate surface area is 168 Å². The molecule has 0 unspecified atom stereocenters. The van der Waals surface area contributed by atoms with E-state index in [0.717, 1.165) is 39.2 Å². The van der Waals surface area contributed by atoms with Gasteiger partial charge < -0.3 is 4.90 Å². The summed E-state index contributed by atoms with van der Waals surface area (Å²) in [4.78, 5) is 24.0. The van der Waals surface area contributed by atoms with Crippen LogP contribution >= 0.6 is 0 Å². The average Bonchev–Trinajstić information content (AvgIpc) is 3.11. The molecule has 7 nitrogen and oxygen atoms in total. The lowest BCUT2D eigenvalue weighted by atomic mass is 10.1. The van der Waals surface area contributed by atoms with E-state index in [-0.39, 0.29) is 5.91 Å². The van der Waals surface area contributed by atoms with Crippen molar-refractivity contribution in [1.29, 1.82) is 0 Å². The highest BCUT2D eigenvalue weighted by Gasteiger charge is 2.24. The number of pyridine rings is 2. The average molecular weight is 384 g/mol. The predicted molar refractivity (Wildman–Crippen MR) is 109 cm³/mol. The van der Waals surface area contributed by atoms with Gasteiger partial charge in [-0.1, -0.05) is 23.4 Å². The molecule has 4 heterocycles. The van der Waals surface area contributed by atoms with E-state index >= 15 is 0 Å². The SMILES string of the molecule is Cc1nc2ncccc2cc1CCC(=O)N1Cc2cnnn2Cc2ccccc21. The first-order valence-electron chi connectivity index (χ1n) is 9.66. The van der Waals surface area contributed by atoms with Crippen LogP contribution in [0.4, 0.5) is 5.69 Å². The smallest absolute Gasteiger partial charge is 0.227 e. The van der Waals surface area contributed by atoms with Gasteiger partial charge >= 0.3 is 0 Å². The van der Waals surface area contributed by atoms with Gasteiger partial charge in [-0.3, -0.25) is 4.79 Å². The molecule has 0 atom stereocenters. The van der Waals surface area contributed by atoms with Gasteiger partial charge in [0, 0.05) is 29.4 Å². The second-order valence-electron chi connectivity index (χ2n) is 7.27. The lowest BCUT2D eigenvalue weighted by Gasteiger charge is -2.22. The highest BCUT2D eigenvalue weighted by Crippen LogP contribution is 2.28. The van der Waals surface area contributed by atoms with E-state index < -0.39 is 0 Å². The second-order valence-corrected chi connectivity index (χ2v) is 7.27. The minimum atomic E-state index is 0.0813. The molecule has 0 spiro atoms. The van der Waals surface area contributed by atoms with Crippen LogP contribution in [0.5, 0.6) is 0 Å². The molecule has 1 aliphatic heterocycles. The van der Waals surface area contributed by atoms with Crippen LogP contribution < -0.4 is 4.90 Å². The number of hydrogen-bond acceptors (Lipinski definition) is 5. The van der Waals surface area contributed by atoms with Gasteiger partial charge in [0.05, 0.1) is 25.0 Å². The van der Waals surface area contributed by atoms with Crippen molar-refractivity contribution in [3.05, 3.63) is 77.4 Å². The number of para-hydroxylation sites is 1. The zero-order chi connectivity index (χ0) is 19.8. The highest BCUT2D eigenvalue weighted by molar-refractivity contribution is 5.94. The van der Waals surface area contributed by atoms with Crippen molar-refractivity contribution in [2.45, 2.75) is 32.9 Å². The van der Waals surface area contributed by atoms with Crippen LogP contribution in [0.2, 0.25) is 0 Å². The molecule has 1 aliphatic rings. The maximum atomic E-state index is 13.2. The van der Waals surface area contributed by atoms with E-state index in [1.54, 1.807) is 12.4 Å². The molecule has 0 fully saturated rings. The summed E-state index contributed by atoms with van der Waals surface area (Å²) in [7, 11) is 0. The third-order valence-corrected chi connectivity index (χ3v) is 5.41. The van der Waals surface area contributed by atoms with Crippen molar-refractivity contribution < 1.29 is 4.79 Å². The number of nitrogens with zero attached hydrogens (tertiary/aromatic N) is 6. The molecular weight excluding hydrogens is 364 g/mol. The Kier molecular flexibility index (Phi) is 4.27. The normalized spacial score (nSPS) is 13.1. The number of carbonyl (C=O) groups is 1. The van der Waals surface area contributed by atoms with Gasteiger partial charge in [0.25, 0.3) is 0 Å². The summed E-state index contributed by atoms with van der Waals surface area (Å²) in [5.41, 5.74) is 5.68. The van der Waals surface area contributed by atoms with Gasteiger partial charge in [0.15, 0.2) is 5.65 Å². The fourth-order valence-electron chi connectivity index (χ4n) is 3.84. The molecule has 29 heavy (non-hydrogen) atoms. The number of amides is 1. The maximum Gasteiger partial charge on any atom is 0.227 e. The predicted octanol–water partition coefficient (Wildman–Crippen LogP) is 3.06. The van der Waals surface area contributed by atoms with Gasteiger partial charge in [-0.2, -0.15) is 0 Å². The van der Waals surface area contributed by atoms with E-state index in [1.807, 2.05) is 52.9 Å². The first-order valence-corrected chi connectivity index (χ1v) is 9.66. The molecular formula is C22H20N6O. The molecule has 4 aromatic rings. The number of hydrogen-bond donors (Lipinski definition) is 0. The van der Waals surface area contributed by atoms with Crippen molar-refractivity contribution in [2.24, 2.45) is 0 Å². The maximum absolute atomic E-state index is 13.2. The van der Waals surface area contributed by atoms with E-state index in [1.165, 1.54) is 0 Å². The molecule has 144 valence electrons. The van der Waals surface area contributed by atoms with Crippen LogP contribution in [-0.4, -0.2) is 30.9 Å². The molecule has 3 aromatic heterocycles. The van der Waals surface area contributed by atoms with E-state index in [2.05, 4.69) is 26.3 Å². The van der Waals surface area contributed by atoms with Crippen LogP contribution in [0.25, 0.3) is 11.0 Å². The van der Waals surface area contributed by atoms with Crippen molar-refractivity contribution in [1.82, 2.24) is 25.0 Å². The molecule has 0 saturated carbocycles. The Morgan fingerprint density at radius 3 is 2.97 bits per heavy atom. The Balaban J connectivity index is 1.41. The summed E-state index contributed by atoms with van der Waals surface area (Å²) in [6, 6.07) is 14.0. The fourth-order valence-corrected chi connectivity index (χ4v) is 3.84. The lowest BCUT2D eigenvalue weighted by Crippen LogP contribution is -2.30. The zero-order valence-electron chi connectivity index (χ0n) is 16.1. The first kappa shape index (κ1) is 17.5.